The van der Waals surface area contributed by atoms with Crippen molar-refractivity contribution in [2.75, 3.05) is 13.2 Å². The molecule has 1 aliphatic rings. The lowest BCUT2D eigenvalue weighted by atomic mass is 10.1. The van der Waals surface area contributed by atoms with Gasteiger partial charge in [0.2, 0.25) is 0 Å². The average molecular weight is 377 g/mol. The summed E-state index contributed by atoms with van der Waals surface area (Å²) in [6, 6.07) is 13.3. The molecule has 4 rings (SSSR count). The van der Waals surface area contributed by atoms with E-state index in [0.29, 0.717) is 5.15 Å². The summed E-state index contributed by atoms with van der Waals surface area (Å²) >= 11 is 8.21. The number of aromatic nitrogens is 3. The fourth-order valence-corrected chi connectivity index (χ4v) is 2.07. The van der Waals surface area contributed by atoms with E-state index in [1.54, 1.807) is 37.1 Å². The number of rotatable bonds is 1. The number of hydrogen-bond donors (Lipinski definition) is 0. The number of hydrogen-bond acceptors (Lipinski definition) is 4. The molecular weight excluding hydrogens is 354 g/mol. The van der Waals surface area contributed by atoms with Gasteiger partial charge < -0.3 is 4.74 Å². The highest BCUT2D eigenvalue weighted by molar-refractivity contribution is 7.59. The molecule has 4 heterocycles. The van der Waals surface area contributed by atoms with Gasteiger partial charge in [-0.3, -0.25) is 9.97 Å². The molecule has 1 aliphatic heterocycles. The third kappa shape index (κ3) is 9.19. The highest BCUT2D eigenvalue weighted by Gasteiger charge is 1.95. The van der Waals surface area contributed by atoms with Crippen molar-refractivity contribution in [1.82, 2.24) is 15.0 Å². The monoisotopic (exact) mass is 376 g/mol. The topological polar surface area (TPSA) is 47.9 Å². The lowest BCUT2D eigenvalue weighted by Crippen LogP contribution is -1.77. The van der Waals surface area contributed by atoms with Crippen molar-refractivity contribution in [3.05, 3.63) is 78.6 Å². The first-order valence-electron chi connectivity index (χ1n) is 8.25. The van der Waals surface area contributed by atoms with Crippen molar-refractivity contribution in [3.8, 4) is 11.1 Å². The molecule has 3 aromatic rings. The first-order chi connectivity index (χ1) is 12.9. The zero-order valence-corrected chi connectivity index (χ0v) is 15.5. The van der Waals surface area contributed by atoms with Crippen LogP contribution in [0.4, 0.5) is 0 Å². The molecule has 0 saturated carbocycles. The predicted molar refractivity (Wildman–Crippen MR) is 107 cm³/mol. The zero-order valence-electron chi connectivity index (χ0n) is 14.8. The standard InChI is InChI=1S/C10H8N2.C5H4ClN.C4H8O.H2S/c1-5-11-6-2-9(1)10-3-7-12-8-4-10;6-5-3-1-2-4-7-5;1-2-4-5-3-1;/h1-8H;1-4H;1-4H2;1H2/i/hD. The van der Waals surface area contributed by atoms with E-state index < -0.39 is 0 Å². The lowest BCUT2D eigenvalue weighted by Gasteiger charge is -1.97. The first kappa shape index (κ1) is 19.4. The summed E-state index contributed by atoms with van der Waals surface area (Å²) in [5.41, 5.74) is 2.35. The van der Waals surface area contributed by atoms with Gasteiger partial charge in [-0.05, 0) is 60.4 Å². The van der Waals surface area contributed by atoms with Gasteiger partial charge in [0.1, 0.15) is 5.15 Å². The molecule has 132 valence electrons. The van der Waals surface area contributed by atoms with Gasteiger partial charge in [-0.1, -0.05) is 17.7 Å². The molecule has 0 unspecified atom stereocenters. The normalized spacial score (nSPS) is 12.2. The summed E-state index contributed by atoms with van der Waals surface area (Å²) in [6.45, 7) is 2.00. The molecule has 6 heteroatoms. The Morgan fingerprint density at radius 1 is 0.800 bits per heavy atom. The Kier molecular flexibility index (Phi) is 10.3. The van der Waals surface area contributed by atoms with Gasteiger partial charge >= 0.3 is 0 Å². The van der Waals surface area contributed by atoms with Crippen molar-refractivity contribution in [3.63, 3.8) is 0 Å². The van der Waals surface area contributed by atoms with Gasteiger partial charge in [-0.15, -0.1) is 0 Å². The first-order valence-corrected chi connectivity index (χ1v) is 8.19. The Morgan fingerprint density at radius 2 is 1.32 bits per heavy atom. The summed E-state index contributed by atoms with van der Waals surface area (Å²) < 4.78 is 10.4. The fourth-order valence-electron chi connectivity index (χ4n) is 1.94. The van der Waals surface area contributed by atoms with E-state index >= 15 is 0 Å². The number of nitrogens with zero attached hydrogens (tertiary/aromatic N) is 3. The summed E-state index contributed by atoms with van der Waals surface area (Å²) in [5, 5.41) is 0.544. The van der Waals surface area contributed by atoms with Crippen LogP contribution in [0.5, 0.6) is 0 Å². The molecule has 1 fully saturated rings. The summed E-state index contributed by atoms with van der Waals surface area (Å²) in [7, 11) is 0. The minimum atomic E-state index is 0.544. The maximum absolute atomic E-state index is 5.44. The SMILES string of the molecule is C1CCOC1.Clc1ccccn1.[2H]S.c1cc(-c2ccncc2)ccn1. The van der Waals surface area contributed by atoms with Gasteiger partial charge in [0.25, 0.3) is 0 Å². The van der Waals surface area contributed by atoms with Crippen LogP contribution in [0.3, 0.4) is 0 Å². The number of ether oxygens (including phenoxy) is 1. The molecular formula is C19H22ClN3OS. The van der Waals surface area contributed by atoms with E-state index in [4.69, 9.17) is 17.5 Å². The van der Waals surface area contributed by atoms with Gasteiger partial charge in [-0.2, -0.15) is 13.4 Å². The van der Waals surface area contributed by atoms with Gasteiger partial charge in [0.15, 0.2) is 0 Å². The number of halogens is 1. The minimum Gasteiger partial charge on any atom is -0.381 e. The van der Waals surface area contributed by atoms with Crippen molar-refractivity contribution in [2.24, 2.45) is 0 Å². The third-order valence-corrected chi connectivity index (χ3v) is 3.37. The van der Waals surface area contributed by atoms with E-state index in [2.05, 4.69) is 28.4 Å². The Labute approximate surface area is 161 Å². The van der Waals surface area contributed by atoms with Crippen LogP contribution in [0, 0.1) is 0 Å². The Bertz CT molecular complexity index is 629. The van der Waals surface area contributed by atoms with Crippen LogP contribution in [0.15, 0.2) is 73.4 Å². The molecule has 0 amide bonds. The van der Waals surface area contributed by atoms with Gasteiger partial charge in [-0.25, -0.2) is 4.98 Å². The van der Waals surface area contributed by atoms with Crippen molar-refractivity contribution in [1.29, 1.82) is 1.12 Å². The minimum absolute atomic E-state index is 0.544. The highest BCUT2D eigenvalue weighted by Crippen LogP contribution is 2.15. The maximum atomic E-state index is 5.44. The average Bonchev–Trinajstić information content (AvgIpc) is 3.32. The molecule has 0 aliphatic carbocycles. The molecule has 25 heavy (non-hydrogen) atoms. The lowest BCUT2D eigenvalue weighted by molar-refractivity contribution is 0.198. The molecule has 0 atom stereocenters. The number of pyridine rings is 3. The third-order valence-electron chi connectivity index (χ3n) is 3.15. The Balaban J connectivity index is 0.000000205. The van der Waals surface area contributed by atoms with Crippen LogP contribution in [0.2, 0.25) is 5.15 Å². The Hall–Kier alpha value is -1.95. The molecule has 3 aromatic heterocycles. The molecule has 1 saturated heterocycles. The molecule has 0 bridgehead atoms. The highest BCUT2D eigenvalue weighted by atomic mass is 35.5. The van der Waals surface area contributed by atoms with Crippen LogP contribution in [0.1, 0.15) is 12.8 Å². The van der Waals surface area contributed by atoms with Crippen LogP contribution >= 0.6 is 25.0 Å². The largest absolute Gasteiger partial charge is 0.381 e. The second-order valence-corrected chi connectivity index (χ2v) is 5.33. The molecule has 0 aromatic carbocycles. The summed E-state index contributed by atoms with van der Waals surface area (Å²) in [4.78, 5) is 11.7. The second kappa shape index (κ2) is 13.4. The van der Waals surface area contributed by atoms with Gasteiger partial charge in [0, 0.05) is 44.2 Å². The van der Waals surface area contributed by atoms with Crippen LogP contribution < -0.4 is 0 Å². The van der Waals surface area contributed by atoms with Crippen molar-refractivity contribution >= 4 is 25.0 Å². The van der Waals surface area contributed by atoms with Crippen LogP contribution in [-0.2, 0) is 4.74 Å². The quantitative estimate of drug-likeness (QED) is 0.573. The summed E-state index contributed by atoms with van der Waals surface area (Å²) in [5.74, 6) is 0. The van der Waals surface area contributed by atoms with E-state index in [1.807, 2.05) is 36.4 Å². The maximum Gasteiger partial charge on any atom is 0.129 e. The fraction of sp³-hybridized carbons (Fsp3) is 0.211. The van der Waals surface area contributed by atoms with E-state index in [-0.39, 0.29) is 0 Å². The van der Waals surface area contributed by atoms with E-state index in [9.17, 15) is 0 Å². The molecule has 0 spiro atoms. The second-order valence-electron chi connectivity index (χ2n) is 4.94. The van der Waals surface area contributed by atoms with Crippen molar-refractivity contribution in [2.45, 2.75) is 12.8 Å². The predicted octanol–water partition coefficient (Wildman–Crippen LogP) is 4.79. The van der Waals surface area contributed by atoms with Crippen LogP contribution in [0.25, 0.3) is 11.1 Å². The smallest absolute Gasteiger partial charge is 0.129 e. The zero-order chi connectivity index (χ0) is 18.9. The molecule has 0 radical (unpaired) electrons. The summed E-state index contributed by atoms with van der Waals surface area (Å²) in [6.07, 6.45) is 11.4. The van der Waals surface area contributed by atoms with E-state index in [1.165, 1.54) is 24.0 Å². The molecule has 0 N–H and O–H groups in total. The van der Waals surface area contributed by atoms with Crippen LogP contribution in [-0.4, -0.2) is 29.3 Å². The van der Waals surface area contributed by atoms with Gasteiger partial charge in [0.05, 0.1) is 1.12 Å². The van der Waals surface area contributed by atoms with Crippen molar-refractivity contribution < 1.29 is 4.74 Å². The molecule has 4 nitrogen and oxygen atoms in total. The van der Waals surface area contributed by atoms with E-state index in [0.717, 1.165) is 13.2 Å². The Morgan fingerprint density at radius 3 is 1.60 bits per heavy atom.